The first-order valence-corrected chi connectivity index (χ1v) is 9.08. The lowest BCUT2D eigenvalue weighted by molar-refractivity contribution is 0.0587. The fourth-order valence-corrected chi connectivity index (χ4v) is 3.02. The molecule has 0 atom stereocenters. The van der Waals surface area contributed by atoms with Gasteiger partial charge < -0.3 is 19.5 Å². The Kier molecular flexibility index (Phi) is 5.97. The van der Waals surface area contributed by atoms with Crippen LogP contribution in [0.15, 0.2) is 42.5 Å². The molecule has 0 aliphatic rings. The second-order valence-electron chi connectivity index (χ2n) is 6.29. The number of ether oxygens (including phenoxy) is 3. The molecule has 150 valence electrons. The van der Waals surface area contributed by atoms with Crippen LogP contribution in [0.1, 0.15) is 33.3 Å². The minimum absolute atomic E-state index is 0.295. The summed E-state index contributed by atoms with van der Waals surface area (Å²) in [6, 6.07) is 12.1. The number of pyridine rings is 1. The number of aromatic nitrogens is 1. The van der Waals surface area contributed by atoms with Gasteiger partial charge in [0.2, 0.25) is 0 Å². The molecule has 3 rings (SSSR count). The zero-order chi connectivity index (χ0) is 21.0. The van der Waals surface area contributed by atoms with Crippen LogP contribution in [0.5, 0.6) is 5.75 Å². The molecule has 0 aliphatic heterocycles. The number of benzene rings is 2. The minimum atomic E-state index is -0.519. The molecule has 29 heavy (non-hydrogen) atoms. The third-order valence-electron chi connectivity index (χ3n) is 4.33. The summed E-state index contributed by atoms with van der Waals surface area (Å²) in [6.07, 6.45) is 0. The molecule has 0 spiro atoms. The molecule has 1 aromatic heterocycles. The van der Waals surface area contributed by atoms with Crippen molar-refractivity contribution in [2.45, 2.75) is 13.8 Å². The number of anilines is 2. The van der Waals surface area contributed by atoms with Crippen LogP contribution in [0.2, 0.25) is 0 Å². The lowest BCUT2D eigenvalue weighted by atomic mass is 10.1. The van der Waals surface area contributed by atoms with E-state index < -0.39 is 11.9 Å². The topological polar surface area (TPSA) is 86.8 Å². The van der Waals surface area contributed by atoms with Gasteiger partial charge in [0.25, 0.3) is 0 Å². The van der Waals surface area contributed by atoms with Crippen molar-refractivity contribution in [2.24, 2.45) is 0 Å². The molecule has 0 saturated carbocycles. The van der Waals surface area contributed by atoms with Crippen molar-refractivity contribution in [2.75, 3.05) is 26.1 Å². The number of nitrogens with zero attached hydrogens (tertiary/aromatic N) is 1. The van der Waals surface area contributed by atoms with Gasteiger partial charge in [0.05, 0.1) is 43.2 Å². The zero-order valence-electron chi connectivity index (χ0n) is 16.7. The van der Waals surface area contributed by atoms with Crippen molar-refractivity contribution in [1.29, 1.82) is 0 Å². The maximum Gasteiger partial charge on any atom is 0.339 e. The van der Waals surface area contributed by atoms with Crippen LogP contribution < -0.4 is 10.1 Å². The summed E-state index contributed by atoms with van der Waals surface area (Å²) in [5.41, 5.74) is 3.33. The molecule has 0 saturated heterocycles. The summed E-state index contributed by atoms with van der Waals surface area (Å²) >= 11 is 0. The van der Waals surface area contributed by atoms with Gasteiger partial charge in [0.15, 0.2) is 0 Å². The van der Waals surface area contributed by atoms with Gasteiger partial charge in [-0.1, -0.05) is 0 Å². The molecular weight excluding hydrogens is 372 g/mol. The van der Waals surface area contributed by atoms with Crippen LogP contribution in [-0.4, -0.2) is 37.7 Å². The van der Waals surface area contributed by atoms with Crippen molar-refractivity contribution in [3.63, 3.8) is 0 Å². The molecule has 7 heteroatoms. The van der Waals surface area contributed by atoms with Crippen LogP contribution in [-0.2, 0) is 9.47 Å². The van der Waals surface area contributed by atoms with Gasteiger partial charge in [0, 0.05) is 16.8 Å². The van der Waals surface area contributed by atoms with Gasteiger partial charge in [-0.05, 0) is 56.3 Å². The van der Waals surface area contributed by atoms with Gasteiger partial charge in [0.1, 0.15) is 5.75 Å². The summed E-state index contributed by atoms with van der Waals surface area (Å²) in [4.78, 5) is 28.7. The van der Waals surface area contributed by atoms with E-state index in [1.807, 2.05) is 38.1 Å². The van der Waals surface area contributed by atoms with E-state index in [1.54, 1.807) is 6.07 Å². The Bertz CT molecular complexity index is 1080. The van der Waals surface area contributed by atoms with Gasteiger partial charge in [-0.3, -0.25) is 4.98 Å². The first-order valence-electron chi connectivity index (χ1n) is 9.08. The number of methoxy groups -OCH3 is 2. The number of hydrogen-bond acceptors (Lipinski definition) is 7. The number of rotatable bonds is 6. The highest BCUT2D eigenvalue weighted by molar-refractivity contribution is 6.02. The molecule has 1 N–H and O–H groups in total. The Morgan fingerprint density at radius 2 is 1.72 bits per heavy atom. The molecule has 0 bridgehead atoms. The van der Waals surface area contributed by atoms with Crippen LogP contribution in [0, 0.1) is 6.92 Å². The predicted octanol–water partition coefficient (Wildman–Crippen LogP) is 4.26. The fourth-order valence-electron chi connectivity index (χ4n) is 3.02. The van der Waals surface area contributed by atoms with Crippen LogP contribution >= 0.6 is 0 Å². The predicted molar refractivity (Wildman–Crippen MR) is 110 cm³/mol. The summed E-state index contributed by atoms with van der Waals surface area (Å²) < 4.78 is 15.3. The van der Waals surface area contributed by atoms with E-state index in [0.29, 0.717) is 29.2 Å². The van der Waals surface area contributed by atoms with Gasteiger partial charge >= 0.3 is 11.9 Å². The SMILES string of the molecule is CCOc1ccc2nc(C)cc(Nc3cc(C(=O)OC)ccc3C(=O)OC)c2c1. The zero-order valence-corrected chi connectivity index (χ0v) is 16.7. The molecule has 0 amide bonds. The number of carbonyl (C=O) groups excluding carboxylic acids is 2. The summed E-state index contributed by atoms with van der Waals surface area (Å²) in [5.74, 6) is -0.307. The number of carbonyl (C=O) groups is 2. The summed E-state index contributed by atoms with van der Waals surface area (Å²) in [7, 11) is 2.61. The molecule has 0 aliphatic carbocycles. The molecule has 1 heterocycles. The highest BCUT2D eigenvalue weighted by atomic mass is 16.5. The fraction of sp³-hybridized carbons (Fsp3) is 0.227. The normalized spacial score (nSPS) is 10.5. The molecule has 7 nitrogen and oxygen atoms in total. The third kappa shape index (κ3) is 4.29. The first kappa shape index (κ1) is 20.1. The van der Waals surface area contributed by atoms with E-state index in [4.69, 9.17) is 14.2 Å². The monoisotopic (exact) mass is 394 g/mol. The van der Waals surface area contributed by atoms with E-state index in [1.165, 1.54) is 26.4 Å². The van der Waals surface area contributed by atoms with Crippen molar-refractivity contribution >= 4 is 34.2 Å². The molecule has 0 unspecified atom stereocenters. The molecule has 2 aromatic carbocycles. The van der Waals surface area contributed by atoms with E-state index in [2.05, 4.69) is 10.3 Å². The van der Waals surface area contributed by atoms with E-state index in [0.717, 1.165) is 22.3 Å². The molecular formula is C22H22N2O5. The van der Waals surface area contributed by atoms with Crippen LogP contribution in [0.25, 0.3) is 10.9 Å². The van der Waals surface area contributed by atoms with Crippen LogP contribution in [0.4, 0.5) is 11.4 Å². The lowest BCUT2D eigenvalue weighted by Gasteiger charge is -2.15. The number of nitrogens with one attached hydrogen (secondary N) is 1. The number of fused-ring (bicyclic) bond motifs is 1. The molecule has 0 radical (unpaired) electrons. The third-order valence-corrected chi connectivity index (χ3v) is 4.33. The minimum Gasteiger partial charge on any atom is -0.494 e. The summed E-state index contributed by atoms with van der Waals surface area (Å²) in [6.45, 7) is 4.34. The maximum absolute atomic E-state index is 12.2. The number of hydrogen-bond donors (Lipinski definition) is 1. The van der Waals surface area contributed by atoms with E-state index in [-0.39, 0.29) is 0 Å². The Morgan fingerprint density at radius 3 is 2.41 bits per heavy atom. The second-order valence-corrected chi connectivity index (χ2v) is 6.29. The van der Waals surface area contributed by atoms with E-state index in [9.17, 15) is 9.59 Å². The lowest BCUT2D eigenvalue weighted by Crippen LogP contribution is -2.09. The van der Waals surface area contributed by atoms with Crippen molar-refractivity contribution < 1.29 is 23.8 Å². The number of esters is 2. The Hall–Kier alpha value is -3.61. The van der Waals surface area contributed by atoms with Crippen molar-refractivity contribution in [3.8, 4) is 5.75 Å². The largest absolute Gasteiger partial charge is 0.494 e. The van der Waals surface area contributed by atoms with E-state index >= 15 is 0 Å². The average Bonchev–Trinajstić information content (AvgIpc) is 2.73. The highest BCUT2D eigenvalue weighted by Crippen LogP contribution is 2.31. The van der Waals surface area contributed by atoms with Gasteiger partial charge in [-0.25, -0.2) is 9.59 Å². The Labute approximate surface area is 168 Å². The van der Waals surface area contributed by atoms with Crippen LogP contribution in [0.3, 0.4) is 0 Å². The summed E-state index contributed by atoms with van der Waals surface area (Å²) in [5, 5.41) is 4.08. The second kappa shape index (κ2) is 8.60. The van der Waals surface area contributed by atoms with Gasteiger partial charge in [-0.15, -0.1) is 0 Å². The van der Waals surface area contributed by atoms with Crippen molar-refractivity contribution in [3.05, 3.63) is 59.3 Å². The molecule has 0 fully saturated rings. The molecule has 3 aromatic rings. The highest BCUT2D eigenvalue weighted by Gasteiger charge is 2.17. The average molecular weight is 394 g/mol. The first-order chi connectivity index (χ1) is 14.0. The quantitative estimate of drug-likeness (QED) is 0.625. The smallest absolute Gasteiger partial charge is 0.339 e. The Balaban J connectivity index is 2.14. The van der Waals surface area contributed by atoms with Gasteiger partial charge in [-0.2, -0.15) is 0 Å². The Morgan fingerprint density at radius 1 is 0.966 bits per heavy atom. The van der Waals surface area contributed by atoms with Crippen molar-refractivity contribution in [1.82, 2.24) is 4.98 Å². The maximum atomic E-state index is 12.2. The number of aryl methyl sites for hydroxylation is 1. The standard InChI is InChI=1S/C22H22N2O5/c1-5-29-15-7-9-18-17(12-15)19(10-13(2)23-18)24-20-11-14(21(25)27-3)6-8-16(20)22(26)28-4/h6-12H,5H2,1-4H3,(H,23,24).